The summed E-state index contributed by atoms with van der Waals surface area (Å²) in [4.78, 5) is 0.737. The molecule has 20 heavy (non-hydrogen) atoms. The smallest absolute Gasteiger partial charge is 0.150 e. The number of rotatable bonds is 5. The molecule has 0 bridgehead atoms. The van der Waals surface area contributed by atoms with Crippen molar-refractivity contribution in [2.45, 2.75) is 4.90 Å². The first-order valence-corrected chi connectivity index (χ1v) is 7.92. The maximum Gasteiger partial charge on any atom is 0.150 e. The third kappa shape index (κ3) is 3.08. The van der Waals surface area contributed by atoms with E-state index in [1.54, 1.807) is 18.2 Å². The molecule has 0 aliphatic heterocycles. The van der Waals surface area contributed by atoms with Crippen LogP contribution >= 0.6 is 15.9 Å². The number of allylic oxidation sites excluding steroid dienone is 3. The van der Waals surface area contributed by atoms with Crippen molar-refractivity contribution in [2.24, 2.45) is 0 Å². The topological polar surface area (TPSA) is 29.1 Å². The summed E-state index contributed by atoms with van der Waals surface area (Å²) in [7, 11) is -1.36. The van der Waals surface area contributed by atoms with Gasteiger partial charge in [-0.1, -0.05) is 59.4 Å². The first kappa shape index (κ1) is 14.8. The summed E-state index contributed by atoms with van der Waals surface area (Å²) in [6.07, 6.45) is 4.97. The van der Waals surface area contributed by atoms with Crippen molar-refractivity contribution < 1.29 is 4.21 Å². The Hall–Kier alpha value is -1.65. The lowest BCUT2D eigenvalue weighted by atomic mass is 10.1. The number of halogens is 1. The number of benzene rings is 2. The molecule has 0 aromatic heterocycles. The number of nitrogens with one attached hydrogen (secondary N) is 1. The Balaban J connectivity index is 2.45. The van der Waals surface area contributed by atoms with Crippen LogP contribution in [-0.4, -0.2) is 4.21 Å². The van der Waals surface area contributed by atoms with Gasteiger partial charge in [-0.25, -0.2) is 4.21 Å². The van der Waals surface area contributed by atoms with Gasteiger partial charge in [-0.15, -0.1) is 0 Å². The van der Waals surface area contributed by atoms with Crippen LogP contribution in [0.3, 0.4) is 0 Å². The first-order valence-electron chi connectivity index (χ1n) is 5.98. The normalized spacial score (nSPS) is 12.9. The average molecular weight is 348 g/mol. The van der Waals surface area contributed by atoms with Crippen molar-refractivity contribution >= 4 is 37.7 Å². The molecular formula is C16H14BrNOS. The van der Waals surface area contributed by atoms with E-state index in [9.17, 15) is 4.21 Å². The van der Waals surface area contributed by atoms with Gasteiger partial charge in [-0.2, -0.15) is 0 Å². The third-order valence-electron chi connectivity index (χ3n) is 2.76. The second kappa shape index (κ2) is 6.68. The third-order valence-corrected chi connectivity index (χ3v) is 4.63. The number of hydrogen-bond acceptors (Lipinski definition) is 1. The lowest BCUT2D eigenvalue weighted by Crippen LogP contribution is -2.15. The molecule has 1 atom stereocenters. The summed E-state index contributed by atoms with van der Waals surface area (Å²) >= 11 is 3.51. The maximum atomic E-state index is 12.5. The highest BCUT2D eigenvalue weighted by Crippen LogP contribution is 2.28. The lowest BCUT2D eigenvalue weighted by molar-refractivity contribution is 0.679. The summed E-state index contributed by atoms with van der Waals surface area (Å²) < 4.78 is 16.4. The highest BCUT2D eigenvalue weighted by molar-refractivity contribution is 9.10. The molecule has 0 aliphatic rings. The fourth-order valence-electron chi connectivity index (χ4n) is 1.83. The molecule has 2 nitrogen and oxygen atoms in total. The summed E-state index contributed by atoms with van der Waals surface area (Å²) in [6.45, 7) is 7.30. The summed E-state index contributed by atoms with van der Waals surface area (Å²) in [5, 5.41) is 1.99. The first-order chi connectivity index (χ1) is 9.67. The molecule has 2 aromatic carbocycles. The molecule has 0 amide bonds. The van der Waals surface area contributed by atoms with Crippen LogP contribution in [0.4, 0.5) is 0 Å². The SMILES string of the molecule is C=C/C=C(\C=C)NS(=O)c1ccc(Br)c2ccccc12. The Morgan fingerprint density at radius 1 is 1.15 bits per heavy atom. The second-order valence-corrected chi connectivity index (χ2v) is 6.06. The Bertz CT molecular complexity index is 721. The summed E-state index contributed by atoms with van der Waals surface area (Å²) in [6, 6.07) is 11.6. The molecule has 0 fully saturated rings. The minimum Gasteiger partial charge on any atom is -0.301 e. The van der Waals surface area contributed by atoms with Crippen LogP contribution in [0.2, 0.25) is 0 Å². The Morgan fingerprint density at radius 2 is 1.85 bits per heavy atom. The molecule has 0 radical (unpaired) electrons. The molecule has 2 aromatic rings. The number of hydrogen-bond donors (Lipinski definition) is 1. The van der Waals surface area contributed by atoms with Gasteiger partial charge in [0.05, 0.1) is 4.90 Å². The molecule has 1 unspecified atom stereocenters. The van der Waals surface area contributed by atoms with Gasteiger partial charge in [0.1, 0.15) is 0 Å². The molecule has 0 saturated heterocycles. The molecule has 0 spiro atoms. The largest absolute Gasteiger partial charge is 0.301 e. The van der Waals surface area contributed by atoms with Crippen molar-refractivity contribution in [2.75, 3.05) is 0 Å². The lowest BCUT2D eigenvalue weighted by Gasteiger charge is -2.10. The Morgan fingerprint density at radius 3 is 2.50 bits per heavy atom. The zero-order chi connectivity index (χ0) is 14.5. The zero-order valence-electron chi connectivity index (χ0n) is 10.8. The summed E-state index contributed by atoms with van der Waals surface area (Å²) in [5.74, 6) is 0. The van der Waals surface area contributed by atoms with E-state index in [0.717, 1.165) is 20.1 Å². The highest BCUT2D eigenvalue weighted by atomic mass is 79.9. The van der Waals surface area contributed by atoms with Crippen LogP contribution in [-0.2, 0) is 11.0 Å². The van der Waals surface area contributed by atoms with E-state index in [0.29, 0.717) is 5.70 Å². The van der Waals surface area contributed by atoms with Gasteiger partial charge in [0, 0.05) is 15.6 Å². The van der Waals surface area contributed by atoms with Gasteiger partial charge < -0.3 is 4.72 Å². The van der Waals surface area contributed by atoms with Crippen molar-refractivity contribution in [3.63, 3.8) is 0 Å². The molecular weight excluding hydrogens is 334 g/mol. The van der Waals surface area contributed by atoms with Crippen LogP contribution < -0.4 is 4.72 Å². The predicted octanol–water partition coefficient (Wildman–Crippen LogP) is 4.47. The van der Waals surface area contributed by atoms with E-state index in [1.807, 2.05) is 36.4 Å². The fourth-order valence-corrected chi connectivity index (χ4v) is 3.35. The van der Waals surface area contributed by atoms with Gasteiger partial charge >= 0.3 is 0 Å². The maximum absolute atomic E-state index is 12.5. The zero-order valence-corrected chi connectivity index (χ0v) is 13.2. The molecule has 102 valence electrons. The van der Waals surface area contributed by atoms with Crippen molar-refractivity contribution in [1.82, 2.24) is 4.72 Å². The van der Waals surface area contributed by atoms with E-state index in [1.165, 1.54) is 0 Å². The second-order valence-electron chi connectivity index (χ2n) is 4.02. The molecule has 0 saturated carbocycles. The molecule has 0 heterocycles. The molecule has 1 N–H and O–H groups in total. The summed E-state index contributed by atoms with van der Waals surface area (Å²) in [5.41, 5.74) is 0.672. The molecule has 0 aliphatic carbocycles. The van der Waals surface area contributed by atoms with Gasteiger partial charge in [0.25, 0.3) is 0 Å². The van der Waals surface area contributed by atoms with Crippen molar-refractivity contribution in [3.05, 3.63) is 78.0 Å². The van der Waals surface area contributed by atoms with Crippen molar-refractivity contribution in [1.29, 1.82) is 0 Å². The van der Waals surface area contributed by atoms with Crippen LogP contribution in [0.25, 0.3) is 10.8 Å². The minimum atomic E-state index is -1.36. The van der Waals surface area contributed by atoms with E-state index < -0.39 is 11.0 Å². The fraction of sp³-hybridized carbons (Fsp3) is 0. The van der Waals surface area contributed by atoms with Gasteiger partial charge in [-0.3, -0.25) is 0 Å². The van der Waals surface area contributed by atoms with Crippen LogP contribution in [0.15, 0.2) is 82.8 Å². The standard InChI is InChI=1S/C16H14BrNOS/c1-3-7-12(4-2)18-20(19)16-11-10-15(17)13-8-5-6-9-14(13)16/h3-11,18H,1-2H2/b12-7+. The molecule has 4 heteroatoms. The van der Waals surface area contributed by atoms with E-state index in [2.05, 4.69) is 33.8 Å². The number of fused-ring (bicyclic) bond motifs is 1. The van der Waals surface area contributed by atoms with Crippen LogP contribution in [0.1, 0.15) is 0 Å². The van der Waals surface area contributed by atoms with Crippen molar-refractivity contribution in [3.8, 4) is 0 Å². The van der Waals surface area contributed by atoms with Gasteiger partial charge in [0.15, 0.2) is 11.0 Å². The quantitative estimate of drug-likeness (QED) is 0.794. The van der Waals surface area contributed by atoms with E-state index in [-0.39, 0.29) is 0 Å². The molecule has 2 rings (SSSR count). The minimum absolute atomic E-state index is 0.672. The van der Waals surface area contributed by atoms with Gasteiger partial charge in [-0.05, 0) is 29.7 Å². The highest BCUT2D eigenvalue weighted by Gasteiger charge is 2.10. The van der Waals surface area contributed by atoms with E-state index >= 15 is 0 Å². The van der Waals surface area contributed by atoms with Gasteiger partial charge in [0.2, 0.25) is 0 Å². The van der Waals surface area contributed by atoms with E-state index in [4.69, 9.17) is 0 Å². The predicted molar refractivity (Wildman–Crippen MR) is 89.7 cm³/mol. The Labute approximate surface area is 129 Å². The average Bonchev–Trinajstić information content (AvgIpc) is 2.47. The van der Waals surface area contributed by atoms with Crippen LogP contribution in [0, 0.1) is 0 Å². The van der Waals surface area contributed by atoms with Crippen LogP contribution in [0.5, 0.6) is 0 Å². The Kier molecular flexibility index (Phi) is 4.93. The monoisotopic (exact) mass is 347 g/mol.